The van der Waals surface area contributed by atoms with Crippen molar-refractivity contribution in [3.05, 3.63) is 54.1 Å². The predicted octanol–water partition coefficient (Wildman–Crippen LogP) is 3.16. The molecular weight excluding hydrogens is 248 g/mol. The van der Waals surface area contributed by atoms with Crippen molar-refractivity contribution in [2.75, 3.05) is 7.11 Å². The summed E-state index contributed by atoms with van der Waals surface area (Å²) in [6.45, 7) is 0. The maximum atomic E-state index is 9.19. The van der Waals surface area contributed by atoms with Crippen LogP contribution < -0.4 is 9.47 Å². The molecule has 0 heterocycles. The van der Waals surface area contributed by atoms with Gasteiger partial charge in [-0.05, 0) is 60.7 Å². The van der Waals surface area contributed by atoms with Gasteiger partial charge in [0, 0.05) is 5.56 Å². The van der Waals surface area contributed by atoms with E-state index in [0.717, 1.165) is 11.3 Å². The molecule has 3 nitrogen and oxygen atoms in total. The molecule has 1 N–H and O–H groups in total. The Morgan fingerprint density at radius 1 is 0.944 bits per heavy atom. The first-order valence-corrected chi connectivity index (χ1v) is 5.75. The molecule has 0 aromatic heterocycles. The van der Waals surface area contributed by atoms with Gasteiger partial charge in [-0.2, -0.15) is 0 Å². The first-order chi connectivity index (χ1) is 8.69. The fourth-order valence-electron chi connectivity index (χ4n) is 1.41. The van der Waals surface area contributed by atoms with Gasteiger partial charge < -0.3 is 14.6 Å². The summed E-state index contributed by atoms with van der Waals surface area (Å²) >= 11 is 5.17. The second-order valence-corrected chi connectivity index (χ2v) is 3.98. The number of phenolic OH excluding ortho intramolecular Hbond substituents is 1. The minimum atomic E-state index is 0.200. The summed E-state index contributed by atoms with van der Waals surface area (Å²) in [4.78, 5) is 0. The van der Waals surface area contributed by atoms with Crippen LogP contribution in [0.2, 0.25) is 0 Å². The van der Waals surface area contributed by atoms with E-state index in [1.54, 1.807) is 55.6 Å². The summed E-state index contributed by atoms with van der Waals surface area (Å²) in [6, 6.07) is 13.7. The molecule has 2 aromatic carbocycles. The van der Waals surface area contributed by atoms with E-state index in [2.05, 4.69) is 0 Å². The number of aromatic hydroxyl groups is 1. The van der Waals surface area contributed by atoms with Crippen LogP contribution in [-0.2, 0) is 0 Å². The second kappa shape index (κ2) is 5.51. The molecule has 2 aromatic rings. The summed E-state index contributed by atoms with van der Waals surface area (Å²) in [5, 5.41) is 9.55. The summed E-state index contributed by atoms with van der Waals surface area (Å²) in [7, 11) is 1.61. The lowest BCUT2D eigenvalue weighted by Gasteiger charge is -2.07. The maximum Gasteiger partial charge on any atom is 0.198 e. The molecule has 0 fully saturated rings. The fraction of sp³-hybridized carbons (Fsp3) is 0.0714. The second-order valence-electron chi connectivity index (χ2n) is 3.61. The molecule has 4 heteroatoms. The first-order valence-electron chi connectivity index (χ1n) is 5.34. The van der Waals surface area contributed by atoms with Crippen LogP contribution in [-0.4, -0.2) is 17.3 Å². The molecule has 0 amide bonds. The van der Waals surface area contributed by atoms with Crippen LogP contribution in [0.25, 0.3) is 0 Å². The molecule has 0 aliphatic carbocycles. The van der Waals surface area contributed by atoms with Crippen LogP contribution in [0.4, 0.5) is 0 Å². The van der Waals surface area contributed by atoms with Gasteiger partial charge in [-0.1, -0.05) is 0 Å². The van der Waals surface area contributed by atoms with Crippen LogP contribution in [0.1, 0.15) is 5.56 Å². The zero-order valence-corrected chi connectivity index (χ0v) is 10.6. The van der Waals surface area contributed by atoms with Crippen LogP contribution in [0.5, 0.6) is 17.2 Å². The van der Waals surface area contributed by atoms with Crippen LogP contribution in [0.3, 0.4) is 0 Å². The molecular formula is C14H12O3S. The van der Waals surface area contributed by atoms with Gasteiger partial charge in [0.15, 0.2) is 5.05 Å². The Kier molecular flexibility index (Phi) is 3.79. The average molecular weight is 260 g/mol. The Bertz CT molecular complexity index is 532. The zero-order valence-electron chi connectivity index (χ0n) is 9.79. The van der Waals surface area contributed by atoms with Crippen molar-refractivity contribution in [1.82, 2.24) is 0 Å². The van der Waals surface area contributed by atoms with Gasteiger partial charge in [0.05, 0.1) is 7.11 Å². The highest BCUT2D eigenvalue weighted by Gasteiger charge is 2.04. The van der Waals surface area contributed by atoms with E-state index in [1.165, 1.54) is 0 Å². The van der Waals surface area contributed by atoms with Crippen LogP contribution in [0.15, 0.2) is 48.5 Å². The van der Waals surface area contributed by atoms with Gasteiger partial charge in [-0.25, -0.2) is 0 Å². The molecule has 18 heavy (non-hydrogen) atoms. The van der Waals surface area contributed by atoms with Crippen molar-refractivity contribution < 1.29 is 14.6 Å². The van der Waals surface area contributed by atoms with Crippen LogP contribution in [0, 0.1) is 0 Å². The highest BCUT2D eigenvalue weighted by Crippen LogP contribution is 2.19. The first kappa shape index (κ1) is 12.4. The van der Waals surface area contributed by atoms with Crippen molar-refractivity contribution >= 4 is 17.3 Å². The topological polar surface area (TPSA) is 38.7 Å². The number of thiocarbonyl (C=S) groups is 1. The molecule has 0 bridgehead atoms. The third-order valence-electron chi connectivity index (χ3n) is 2.37. The molecule has 0 aliphatic rings. The number of rotatable bonds is 3. The summed E-state index contributed by atoms with van der Waals surface area (Å²) < 4.78 is 10.6. The molecule has 2 rings (SSSR count). The Morgan fingerprint density at radius 2 is 1.50 bits per heavy atom. The van der Waals surface area contributed by atoms with Crippen molar-refractivity contribution in [3.8, 4) is 17.2 Å². The number of benzene rings is 2. The van der Waals surface area contributed by atoms with Gasteiger partial charge in [-0.3, -0.25) is 0 Å². The van der Waals surface area contributed by atoms with Crippen molar-refractivity contribution in [3.63, 3.8) is 0 Å². The van der Waals surface area contributed by atoms with Crippen molar-refractivity contribution in [2.45, 2.75) is 0 Å². The zero-order chi connectivity index (χ0) is 13.0. The number of hydrogen-bond donors (Lipinski definition) is 1. The Hall–Kier alpha value is -2.07. The molecule has 0 unspecified atom stereocenters. The van der Waals surface area contributed by atoms with Crippen molar-refractivity contribution in [2.24, 2.45) is 0 Å². The molecule has 0 radical (unpaired) electrons. The van der Waals surface area contributed by atoms with Crippen LogP contribution >= 0.6 is 12.2 Å². The molecule has 0 atom stereocenters. The summed E-state index contributed by atoms with van der Waals surface area (Å²) in [5.41, 5.74) is 0.749. The van der Waals surface area contributed by atoms with Gasteiger partial charge >= 0.3 is 0 Å². The van der Waals surface area contributed by atoms with Gasteiger partial charge in [0.25, 0.3) is 0 Å². The minimum Gasteiger partial charge on any atom is -0.508 e. The van der Waals surface area contributed by atoms with Gasteiger partial charge in [0.1, 0.15) is 17.2 Å². The molecule has 0 saturated carbocycles. The normalized spacial score (nSPS) is 9.83. The highest BCUT2D eigenvalue weighted by molar-refractivity contribution is 7.80. The Balaban J connectivity index is 2.08. The third kappa shape index (κ3) is 2.99. The maximum absolute atomic E-state index is 9.19. The fourth-order valence-corrected chi connectivity index (χ4v) is 1.64. The van der Waals surface area contributed by atoms with E-state index in [0.29, 0.717) is 10.8 Å². The standard InChI is InChI=1S/C14H12O3S/c1-16-12-6-8-13(9-7-12)17-14(18)10-2-4-11(15)5-3-10/h2-9,15H,1H3. The Labute approximate surface area is 111 Å². The van der Waals surface area contributed by atoms with E-state index >= 15 is 0 Å². The lowest BCUT2D eigenvalue weighted by Crippen LogP contribution is -2.06. The van der Waals surface area contributed by atoms with E-state index < -0.39 is 0 Å². The molecule has 0 spiro atoms. The van der Waals surface area contributed by atoms with E-state index in [4.69, 9.17) is 21.7 Å². The highest BCUT2D eigenvalue weighted by atomic mass is 32.1. The predicted molar refractivity (Wildman–Crippen MR) is 73.4 cm³/mol. The largest absolute Gasteiger partial charge is 0.508 e. The van der Waals surface area contributed by atoms with Crippen molar-refractivity contribution in [1.29, 1.82) is 0 Å². The number of ether oxygens (including phenoxy) is 2. The molecule has 0 aliphatic heterocycles. The summed E-state index contributed by atoms with van der Waals surface area (Å²) in [5.74, 6) is 1.61. The average Bonchev–Trinajstić information content (AvgIpc) is 2.40. The Morgan fingerprint density at radius 3 is 2.06 bits per heavy atom. The lowest BCUT2D eigenvalue weighted by atomic mass is 10.2. The minimum absolute atomic E-state index is 0.200. The summed E-state index contributed by atoms with van der Waals surface area (Å²) in [6.07, 6.45) is 0. The smallest absolute Gasteiger partial charge is 0.198 e. The molecule has 92 valence electrons. The SMILES string of the molecule is COc1ccc(OC(=S)c2ccc(O)cc2)cc1. The number of phenols is 1. The molecule has 0 saturated heterocycles. The monoisotopic (exact) mass is 260 g/mol. The third-order valence-corrected chi connectivity index (χ3v) is 2.69. The van der Waals surface area contributed by atoms with E-state index in [1.807, 2.05) is 0 Å². The number of hydrogen-bond acceptors (Lipinski definition) is 4. The van der Waals surface area contributed by atoms with Gasteiger partial charge in [0.2, 0.25) is 0 Å². The van der Waals surface area contributed by atoms with E-state index in [9.17, 15) is 5.11 Å². The number of methoxy groups -OCH3 is 1. The lowest BCUT2D eigenvalue weighted by molar-refractivity contribution is 0.414. The quantitative estimate of drug-likeness (QED) is 0.860. The van der Waals surface area contributed by atoms with E-state index in [-0.39, 0.29) is 5.75 Å². The van der Waals surface area contributed by atoms with Gasteiger partial charge in [-0.15, -0.1) is 0 Å².